The molecular weight excluding hydrogens is 294 g/mol. The summed E-state index contributed by atoms with van der Waals surface area (Å²) in [5.74, 6) is 0.822. The lowest BCUT2D eigenvalue weighted by Gasteiger charge is -2.30. The molecule has 3 rings (SSSR count). The van der Waals surface area contributed by atoms with Crippen LogP contribution in [0, 0.1) is 0 Å². The summed E-state index contributed by atoms with van der Waals surface area (Å²) < 4.78 is 5.50. The number of hydrogen-bond donors (Lipinski definition) is 2. The van der Waals surface area contributed by atoms with Crippen LogP contribution in [0.5, 0.6) is 0 Å². The van der Waals surface area contributed by atoms with E-state index in [1.807, 2.05) is 20.8 Å². The fraction of sp³-hybridized carbons (Fsp3) is 0.688. The van der Waals surface area contributed by atoms with Gasteiger partial charge in [-0.05, 0) is 33.6 Å². The van der Waals surface area contributed by atoms with Gasteiger partial charge in [-0.25, -0.2) is 14.8 Å². The van der Waals surface area contributed by atoms with E-state index in [0.29, 0.717) is 6.54 Å². The lowest BCUT2D eigenvalue weighted by atomic mass is 10.1. The zero-order valence-electron chi connectivity index (χ0n) is 14.1. The molecule has 2 aliphatic heterocycles. The lowest BCUT2D eigenvalue weighted by Crippen LogP contribution is -2.43. The number of carbonyl (C=O) groups is 1. The number of nitrogens with one attached hydrogen (secondary N) is 2. The first kappa shape index (κ1) is 16.0. The first-order valence-corrected chi connectivity index (χ1v) is 8.24. The molecule has 0 aliphatic carbocycles. The van der Waals surface area contributed by atoms with Crippen LogP contribution in [0.3, 0.4) is 0 Å². The largest absolute Gasteiger partial charge is 0.444 e. The number of ether oxygens (including phenoxy) is 1. The second-order valence-corrected chi connectivity index (χ2v) is 7.05. The van der Waals surface area contributed by atoms with Crippen LogP contribution in [0.15, 0.2) is 6.33 Å². The zero-order chi connectivity index (χ0) is 16.4. The Hall–Kier alpha value is -1.89. The van der Waals surface area contributed by atoms with Crippen molar-refractivity contribution >= 4 is 11.9 Å². The number of hydrogen-bond acceptors (Lipinski definition) is 6. The van der Waals surface area contributed by atoms with Gasteiger partial charge in [0.25, 0.3) is 0 Å². The predicted molar refractivity (Wildman–Crippen MR) is 87.0 cm³/mol. The fourth-order valence-corrected chi connectivity index (χ4v) is 3.01. The van der Waals surface area contributed by atoms with Gasteiger partial charge in [-0.2, -0.15) is 0 Å². The lowest BCUT2D eigenvalue weighted by molar-refractivity contribution is 0.0244. The number of aromatic nitrogens is 2. The molecule has 1 unspecified atom stereocenters. The number of likely N-dealkylation sites (tertiary alicyclic amines) is 1. The Bertz CT molecular complexity index is 584. The van der Waals surface area contributed by atoms with Gasteiger partial charge in [0, 0.05) is 31.6 Å². The summed E-state index contributed by atoms with van der Waals surface area (Å²) in [6.45, 7) is 8.06. The summed E-state index contributed by atoms with van der Waals surface area (Å²) in [4.78, 5) is 22.9. The molecule has 1 aromatic rings. The maximum Gasteiger partial charge on any atom is 0.411 e. The average molecular weight is 319 g/mol. The van der Waals surface area contributed by atoms with Crippen molar-refractivity contribution in [2.24, 2.45) is 0 Å². The van der Waals surface area contributed by atoms with Gasteiger partial charge in [0.2, 0.25) is 0 Å². The molecule has 1 fully saturated rings. The van der Waals surface area contributed by atoms with Gasteiger partial charge in [-0.3, -0.25) is 4.90 Å². The molecule has 0 bridgehead atoms. The van der Waals surface area contributed by atoms with Crippen molar-refractivity contribution in [3.63, 3.8) is 0 Å². The van der Waals surface area contributed by atoms with Crippen LogP contribution in [0.4, 0.5) is 10.6 Å². The van der Waals surface area contributed by atoms with E-state index in [0.717, 1.165) is 49.4 Å². The normalized spacial score (nSPS) is 21.0. The molecule has 0 saturated carbocycles. The highest BCUT2D eigenvalue weighted by molar-refractivity contribution is 5.69. The smallest absolute Gasteiger partial charge is 0.411 e. The van der Waals surface area contributed by atoms with Crippen molar-refractivity contribution in [3.05, 3.63) is 17.6 Å². The van der Waals surface area contributed by atoms with Crippen LogP contribution in [0.1, 0.15) is 44.9 Å². The Morgan fingerprint density at radius 3 is 3.04 bits per heavy atom. The van der Waals surface area contributed by atoms with Crippen molar-refractivity contribution in [3.8, 4) is 0 Å². The third-order valence-electron chi connectivity index (χ3n) is 4.06. The van der Waals surface area contributed by atoms with Crippen molar-refractivity contribution in [2.75, 3.05) is 18.4 Å². The number of nitrogens with zero attached hydrogens (tertiary/aromatic N) is 3. The quantitative estimate of drug-likeness (QED) is 0.866. The minimum absolute atomic E-state index is 0.0780. The Labute approximate surface area is 136 Å². The van der Waals surface area contributed by atoms with Gasteiger partial charge < -0.3 is 15.4 Å². The van der Waals surface area contributed by atoms with Crippen LogP contribution in [-0.2, 0) is 17.7 Å². The number of carbonyl (C=O) groups excluding carboxylic acids is 1. The molecular formula is C16H25N5O2. The highest BCUT2D eigenvalue weighted by Crippen LogP contribution is 2.25. The fourth-order valence-electron chi connectivity index (χ4n) is 3.01. The molecule has 23 heavy (non-hydrogen) atoms. The van der Waals surface area contributed by atoms with Crippen LogP contribution in [-0.4, -0.2) is 45.8 Å². The highest BCUT2D eigenvalue weighted by atomic mass is 16.6. The third-order valence-corrected chi connectivity index (χ3v) is 4.06. The summed E-state index contributed by atoms with van der Waals surface area (Å²) in [7, 11) is 0. The van der Waals surface area contributed by atoms with E-state index in [-0.39, 0.29) is 12.3 Å². The zero-order valence-corrected chi connectivity index (χ0v) is 14.1. The second-order valence-electron chi connectivity index (χ2n) is 7.05. The first-order chi connectivity index (χ1) is 10.9. The van der Waals surface area contributed by atoms with Gasteiger partial charge in [0.05, 0.1) is 5.69 Å². The first-order valence-electron chi connectivity index (χ1n) is 8.24. The summed E-state index contributed by atoms with van der Waals surface area (Å²) in [5.41, 5.74) is 1.71. The molecule has 1 amide bonds. The number of fused-ring (bicyclic) bond motifs is 1. The van der Waals surface area contributed by atoms with Crippen LogP contribution in [0.25, 0.3) is 0 Å². The molecule has 1 atom stereocenters. The summed E-state index contributed by atoms with van der Waals surface area (Å²) in [5, 5.41) is 6.77. The molecule has 0 spiro atoms. The molecule has 3 heterocycles. The van der Waals surface area contributed by atoms with Gasteiger partial charge in [-0.15, -0.1) is 0 Å². The minimum atomic E-state index is -0.484. The molecule has 2 N–H and O–H groups in total. The van der Waals surface area contributed by atoms with Gasteiger partial charge in [-0.1, -0.05) is 0 Å². The van der Waals surface area contributed by atoms with E-state index >= 15 is 0 Å². The summed E-state index contributed by atoms with van der Waals surface area (Å²) in [6, 6.07) is 0. The van der Waals surface area contributed by atoms with E-state index in [1.54, 1.807) is 11.2 Å². The number of amides is 1. The molecule has 2 aliphatic rings. The SMILES string of the molecule is CC(C)(C)OC(=O)N1CCCC1Nc1ncnc2c1CNCC2. The monoisotopic (exact) mass is 319 g/mol. The van der Waals surface area contributed by atoms with Crippen molar-refractivity contribution in [1.29, 1.82) is 0 Å². The maximum atomic E-state index is 12.4. The predicted octanol–water partition coefficient (Wildman–Crippen LogP) is 1.89. The van der Waals surface area contributed by atoms with E-state index in [4.69, 9.17) is 4.74 Å². The van der Waals surface area contributed by atoms with Gasteiger partial charge >= 0.3 is 6.09 Å². The Balaban J connectivity index is 1.73. The topological polar surface area (TPSA) is 79.4 Å². The average Bonchev–Trinajstić information content (AvgIpc) is 2.94. The molecule has 7 heteroatoms. The summed E-state index contributed by atoms with van der Waals surface area (Å²) in [6.07, 6.45) is 4.01. The maximum absolute atomic E-state index is 12.4. The second kappa shape index (κ2) is 6.31. The molecule has 0 radical (unpaired) electrons. The van der Waals surface area contributed by atoms with E-state index in [1.165, 1.54) is 0 Å². The van der Waals surface area contributed by atoms with Crippen LogP contribution < -0.4 is 10.6 Å². The van der Waals surface area contributed by atoms with E-state index in [9.17, 15) is 4.79 Å². The van der Waals surface area contributed by atoms with E-state index < -0.39 is 5.60 Å². The minimum Gasteiger partial charge on any atom is -0.444 e. The van der Waals surface area contributed by atoms with E-state index in [2.05, 4.69) is 20.6 Å². The van der Waals surface area contributed by atoms with Crippen molar-refractivity contribution in [2.45, 2.75) is 58.3 Å². The van der Waals surface area contributed by atoms with Crippen LogP contribution >= 0.6 is 0 Å². The number of anilines is 1. The van der Waals surface area contributed by atoms with Gasteiger partial charge in [0.15, 0.2) is 0 Å². The Kier molecular flexibility index (Phi) is 4.39. The van der Waals surface area contributed by atoms with Crippen molar-refractivity contribution in [1.82, 2.24) is 20.2 Å². The highest BCUT2D eigenvalue weighted by Gasteiger charge is 2.33. The number of rotatable bonds is 2. The molecule has 1 aromatic heterocycles. The van der Waals surface area contributed by atoms with Crippen LogP contribution in [0.2, 0.25) is 0 Å². The molecule has 1 saturated heterocycles. The third kappa shape index (κ3) is 3.72. The summed E-state index contributed by atoms with van der Waals surface area (Å²) >= 11 is 0. The Morgan fingerprint density at radius 1 is 1.43 bits per heavy atom. The molecule has 7 nitrogen and oxygen atoms in total. The molecule has 0 aromatic carbocycles. The standard InChI is InChI=1S/C16H25N5O2/c1-16(2,3)23-15(22)21-8-4-5-13(21)20-14-11-9-17-7-6-12(11)18-10-19-14/h10,13,17H,4-9H2,1-3H3,(H,18,19,20). The van der Waals surface area contributed by atoms with Gasteiger partial charge in [0.1, 0.15) is 23.9 Å². The van der Waals surface area contributed by atoms with Crippen molar-refractivity contribution < 1.29 is 9.53 Å². The molecule has 126 valence electrons. The Morgan fingerprint density at radius 2 is 2.26 bits per heavy atom.